The molecule has 0 aliphatic rings. The van der Waals surface area contributed by atoms with Gasteiger partial charge in [0.05, 0.1) is 5.69 Å². The van der Waals surface area contributed by atoms with Crippen LogP contribution >= 0.6 is 0 Å². The van der Waals surface area contributed by atoms with Crippen LogP contribution in [0.2, 0.25) is 0 Å². The molecule has 1 unspecified atom stereocenters. The fourth-order valence-electron chi connectivity index (χ4n) is 1.75. The Kier molecular flexibility index (Phi) is 6.19. The Hall–Kier alpha value is -1.58. The molecule has 4 nitrogen and oxygen atoms in total. The Morgan fingerprint density at radius 1 is 1.61 bits per heavy atom. The summed E-state index contributed by atoms with van der Waals surface area (Å²) >= 11 is 0. The minimum absolute atomic E-state index is 0.0673. The molecule has 1 rings (SSSR count). The van der Waals surface area contributed by atoms with E-state index in [1.807, 2.05) is 39.0 Å². The van der Waals surface area contributed by atoms with Crippen LogP contribution in [-0.4, -0.2) is 17.6 Å². The van der Waals surface area contributed by atoms with Crippen molar-refractivity contribution in [3.8, 4) is 0 Å². The van der Waals surface area contributed by atoms with Crippen molar-refractivity contribution >= 4 is 5.91 Å². The monoisotopic (exact) mass is 250 g/mol. The number of carbonyl (C=O) groups excluding carboxylic acids is 1. The third kappa shape index (κ3) is 4.73. The normalized spacial score (nSPS) is 12.8. The smallest absolute Gasteiger partial charge is 0.223 e. The summed E-state index contributed by atoms with van der Waals surface area (Å²) in [4.78, 5) is 11.9. The number of nitrogens with one attached hydrogen (secondary N) is 1. The molecular weight excluding hydrogens is 228 g/mol. The summed E-state index contributed by atoms with van der Waals surface area (Å²) in [6.07, 6.45) is 6.37. The van der Waals surface area contributed by atoms with Gasteiger partial charge < -0.3 is 9.84 Å². The van der Waals surface area contributed by atoms with Crippen LogP contribution in [0.3, 0.4) is 0 Å². The summed E-state index contributed by atoms with van der Waals surface area (Å²) in [5.41, 5.74) is 0.871. The standard InChI is InChI=1S/C14H22N2O2/c1-4-6-7-12(5-2)14(17)15-9-8-13-10-11(3)16-18-13/h4,6,10,12H,5,7-9H2,1-3H3,(H,15,17)/b6-4+. The van der Waals surface area contributed by atoms with Gasteiger partial charge >= 0.3 is 0 Å². The molecule has 0 fully saturated rings. The van der Waals surface area contributed by atoms with Crippen LogP contribution < -0.4 is 5.32 Å². The van der Waals surface area contributed by atoms with Crippen molar-refractivity contribution in [1.29, 1.82) is 0 Å². The second-order valence-corrected chi connectivity index (χ2v) is 4.39. The van der Waals surface area contributed by atoms with Gasteiger partial charge in [-0.2, -0.15) is 0 Å². The zero-order chi connectivity index (χ0) is 13.4. The Labute approximate surface area is 108 Å². The van der Waals surface area contributed by atoms with E-state index in [-0.39, 0.29) is 11.8 Å². The van der Waals surface area contributed by atoms with Gasteiger partial charge in [-0.05, 0) is 26.7 Å². The lowest BCUT2D eigenvalue weighted by atomic mass is 10.0. The molecule has 100 valence electrons. The highest BCUT2D eigenvalue weighted by atomic mass is 16.5. The topological polar surface area (TPSA) is 55.1 Å². The van der Waals surface area contributed by atoms with E-state index in [2.05, 4.69) is 10.5 Å². The molecule has 1 heterocycles. The fourth-order valence-corrected chi connectivity index (χ4v) is 1.75. The average Bonchev–Trinajstić information content (AvgIpc) is 2.76. The van der Waals surface area contributed by atoms with Crippen molar-refractivity contribution in [2.24, 2.45) is 5.92 Å². The molecule has 1 atom stereocenters. The highest BCUT2D eigenvalue weighted by Gasteiger charge is 2.14. The minimum Gasteiger partial charge on any atom is -0.361 e. The van der Waals surface area contributed by atoms with Crippen molar-refractivity contribution in [2.75, 3.05) is 6.54 Å². The molecule has 0 aliphatic heterocycles. The molecule has 1 N–H and O–H groups in total. The molecule has 0 saturated carbocycles. The molecule has 0 aromatic carbocycles. The van der Waals surface area contributed by atoms with E-state index in [0.29, 0.717) is 13.0 Å². The van der Waals surface area contributed by atoms with Crippen LogP contribution in [0, 0.1) is 12.8 Å². The van der Waals surface area contributed by atoms with Crippen LogP contribution in [0.1, 0.15) is 38.1 Å². The molecule has 0 spiro atoms. The number of allylic oxidation sites excluding steroid dienone is 2. The number of amides is 1. The van der Waals surface area contributed by atoms with E-state index in [9.17, 15) is 4.79 Å². The summed E-state index contributed by atoms with van der Waals surface area (Å²) < 4.78 is 5.09. The quantitative estimate of drug-likeness (QED) is 0.757. The summed E-state index contributed by atoms with van der Waals surface area (Å²) in [6.45, 7) is 6.49. The van der Waals surface area contributed by atoms with Gasteiger partial charge in [0.15, 0.2) is 0 Å². The fraction of sp³-hybridized carbons (Fsp3) is 0.571. The van der Waals surface area contributed by atoms with Crippen molar-refractivity contribution in [1.82, 2.24) is 10.5 Å². The molecular formula is C14H22N2O2. The van der Waals surface area contributed by atoms with Crippen molar-refractivity contribution in [2.45, 2.75) is 40.0 Å². The maximum absolute atomic E-state index is 11.9. The number of aromatic nitrogens is 1. The SMILES string of the molecule is C/C=C/CC(CC)C(=O)NCCc1cc(C)no1. The third-order valence-electron chi connectivity index (χ3n) is 2.87. The Morgan fingerprint density at radius 3 is 2.94 bits per heavy atom. The Bertz CT molecular complexity index is 396. The number of rotatable bonds is 7. The second-order valence-electron chi connectivity index (χ2n) is 4.39. The van der Waals surface area contributed by atoms with Crippen molar-refractivity contribution in [3.63, 3.8) is 0 Å². The van der Waals surface area contributed by atoms with Crippen LogP contribution in [0.4, 0.5) is 0 Å². The van der Waals surface area contributed by atoms with E-state index in [0.717, 1.165) is 24.3 Å². The highest BCUT2D eigenvalue weighted by molar-refractivity contribution is 5.78. The molecule has 18 heavy (non-hydrogen) atoms. The number of hydrogen-bond donors (Lipinski definition) is 1. The highest BCUT2D eigenvalue weighted by Crippen LogP contribution is 2.09. The van der Waals surface area contributed by atoms with E-state index in [4.69, 9.17) is 4.52 Å². The largest absolute Gasteiger partial charge is 0.361 e. The molecule has 0 aliphatic carbocycles. The summed E-state index contributed by atoms with van der Waals surface area (Å²) in [7, 11) is 0. The maximum Gasteiger partial charge on any atom is 0.223 e. The van der Waals surface area contributed by atoms with Gasteiger partial charge in [0, 0.05) is 24.9 Å². The van der Waals surface area contributed by atoms with Gasteiger partial charge in [-0.15, -0.1) is 0 Å². The number of carbonyl (C=O) groups is 1. The van der Waals surface area contributed by atoms with Crippen molar-refractivity contribution in [3.05, 3.63) is 29.7 Å². The number of hydrogen-bond acceptors (Lipinski definition) is 3. The first-order valence-corrected chi connectivity index (χ1v) is 6.48. The van der Waals surface area contributed by atoms with E-state index in [1.165, 1.54) is 0 Å². The molecule has 1 amide bonds. The summed E-state index contributed by atoms with van der Waals surface area (Å²) in [5.74, 6) is 0.999. The summed E-state index contributed by atoms with van der Waals surface area (Å²) in [6, 6.07) is 1.89. The Morgan fingerprint density at radius 2 is 2.39 bits per heavy atom. The van der Waals surface area contributed by atoms with Crippen molar-refractivity contribution < 1.29 is 9.32 Å². The predicted molar refractivity (Wildman–Crippen MR) is 71.2 cm³/mol. The van der Waals surface area contributed by atoms with Gasteiger partial charge in [-0.25, -0.2) is 0 Å². The predicted octanol–water partition coefficient (Wildman–Crippen LogP) is 2.63. The van der Waals surface area contributed by atoms with E-state index < -0.39 is 0 Å². The second kappa shape index (κ2) is 7.69. The Balaban J connectivity index is 2.31. The third-order valence-corrected chi connectivity index (χ3v) is 2.87. The lowest BCUT2D eigenvalue weighted by Crippen LogP contribution is -2.31. The van der Waals surface area contributed by atoms with Gasteiger partial charge in [-0.3, -0.25) is 4.79 Å². The molecule has 0 radical (unpaired) electrons. The van der Waals surface area contributed by atoms with Crippen LogP contribution in [0.25, 0.3) is 0 Å². The zero-order valence-corrected chi connectivity index (χ0v) is 11.4. The zero-order valence-electron chi connectivity index (χ0n) is 11.4. The number of nitrogens with zero attached hydrogens (tertiary/aromatic N) is 1. The van der Waals surface area contributed by atoms with Gasteiger partial charge in [0.25, 0.3) is 0 Å². The maximum atomic E-state index is 11.9. The average molecular weight is 250 g/mol. The molecule has 4 heteroatoms. The van der Waals surface area contributed by atoms with Crippen LogP contribution in [0.5, 0.6) is 0 Å². The van der Waals surface area contributed by atoms with Gasteiger partial charge in [0.1, 0.15) is 5.76 Å². The van der Waals surface area contributed by atoms with E-state index >= 15 is 0 Å². The van der Waals surface area contributed by atoms with Crippen LogP contribution in [0.15, 0.2) is 22.7 Å². The minimum atomic E-state index is 0.0673. The first kappa shape index (κ1) is 14.5. The van der Waals surface area contributed by atoms with E-state index in [1.54, 1.807) is 0 Å². The number of aryl methyl sites for hydroxylation is 1. The molecule has 0 saturated heterocycles. The molecule has 1 aromatic heterocycles. The molecule has 1 aromatic rings. The first-order valence-electron chi connectivity index (χ1n) is 6.48. The summed E-state index contributed by atoms with van der Waals surface area (Å²) in [5, 5.41) is 6.75. The van der Waals surface area contributed by atoms with Gasteiger partial charge in [0.2, 0.25) is 5.91 Å². The first-order chi connectivity index (χ1) is 8.67. The van der Waals surface area contributed by atoms with Crippen LogP contribution in [-0.2, 0) is 11.2 Å². The molecule has 0 bridgehead atoms. The van der Waals surface area contributed by atoms with Gasteiger partial charge in [-0.1, -0.05) is 24.2 Å². The lowest BCUT2D eigenvalue weighted by Gasteiger charge is -2.12. The lowest BCUT2D eigenvalue weighted by molar-refractivity contribution is -0.124.